The summed E-state index contributed by atoms with van der Waals surface area (Å²) in [5.74, 6) is 0. The van der Waals surface area contributed by atoms with Crippen molar-refractivity contribution in [2.24, 2.45) is 0 Å². The van der Waals surface area contributed by atoms with Gasteiger partial charge in [0, 0.05) is 25.1 Å². The first-order valence-corrected chi connectivity index (χ1v) is 16.0. The fourth-order valence-electron chi connectivity index (χ4n) is 5.39. The minimum atomic E-state index is -1.64. The van der Waals surface area contributed by atoms with Gasteiger partial charge in [0.1, 0.15) is 18.7 Å². The lowest BCUT2D eigenvalue weighted by Gasteiger charge is -2.45. The Kier molecular flexibility index (Phi) is 15.7. The summed E-state index contributed by atoms with van der Waals surface area (Å²) in [6, 6.07) is 5.14. The fourth-order valence-corrected chi connectivity index (χ4v) is 5.39. The van der Waals surface area contributed by atoms with E-state index in [0.717, 1.165) is 4.90 Å². The predicted molar refractivity (Wildman–Crippen MR) is 180 cm³/mol. The Labute approximate surface area is 291 Å². The van der Waals surface area contributed by atoms with E-state index >= 15 is 0 Å². The molecule has 1 aromatic rings. The maximum Gasteiger partial charge on any atom is 0.408 e. The first kappa shape index (κ1) is 43.6. The molecular formula is C32H53N5O13. The molecule has 4 amide bonds. The van der Waals surface area contributed by atoms with Crippen LogP contribution in [0.1, 0.15) is 100.0 Å². The number of ether oxygens (including phenoxy) is 3. The lowest BCUT2D eigenvalue weighted by molar-refractivity contribution is -0.384. The van der Waals surface area contributed by atoms with Crippen LogP contribution in [0.4, 0.5) is 24.9 Å². The van der Waals surface area contributed by atoms with E-state index in [1.165, 1.54) is 24.3 Å². The van der Waals surface area contributed by atoms with Crippen molar-refractivity contribution >= 4 is 30.1 Å². The number of nitrogens with zero attached hydrogens (tertiary/aromatic N) is 2. The fraction of sp³-hybridized carbons (Fsp3) is 0.688. The summed E-state index contributed by atoms with van der Waals surface area (Å²) in [6.07, 6.45) is -9.85. The van der Waals surface area contributed by atoms with Gasteiger partial charge >= 0.3 is 24.4 Å². The molecule has 0 aliphatic rings. The molecule has 284 valence electrons. The van der Waals surface area contributed by atoms with E-state index in [0.29, 0.717) is 0 Å². The molecule has 0 heterocycles. The largest absolute Gasteiger partial charge is 0.465 e. The van der Waals surface area contributed by atoms with Gasteiger partial charge in [-0.1, -0.05) is 0 Å². The Morgan fingerprint density at radius 3 is 1.30 bits per heavy atom. The zero-order valence-corrected chi connectivity index (χ0v) is 30.1. The van der Waals surface area contributed by atoms with Gasteiger partial charge in [-0.3, -0.25) is 31.0 Å². The minimum absolute atomic E-state index is 0.114. The standard InChI is InChI=1S/C32H53N5O13/c1-29(2,3)48-22(33-25(38)39)14-17-32(20-10-12-21(13-11-20)37(46)47,18-15-23(34-26(40)41)49-30(4,5)6)36(28(44)45)19-16-24(35-27(42)43)50-31(7,8)9/h10-13,22-24,33-35H,14-19H2,1-9H3,(H,38,39)(H,40,41)(H,42,43)(H,44,45). The highest BCUT2D eigenvalue weighted by Gasteiger charge is 2.43. The molecule has 18 heteroatoms. The summed E-state index contributed by atoms with van der Waals surface area (Å²) < 4.78 is 17.8. The van der Waals surface area contributed by atoms with Gasteiger partial charge in [0.2, 0.25) is 0 Å². The number of benzene rings is 1. The number of nitro benzene ring substituents is 1. The second-order valence-corrected chi connectivity index (χ2v) is 14.6. The molecule has 3 unspecified atom stereocenters. The third-order valence-electron chi connectivity index (χ3n) is 6.96. The van der Waals surface area contributed by atoms with Crippen molar-refractivity contribution in [3.8, 4) is 0 Å². The van der Waals surface area contributed by atoms with Crippen LogP contribution in [0.2, 0.25) is 0 Å². The second-order valence-electron chi connectivity index (χ2n) is 14.6. The van der Waals surface area contributed by atoms with E-state index < -0.39 is 70.3 Å². The first-order chi connectivity index (χ1) is 22.7. The van der Waals surface area contributed by atoms with E-state index in [-0.39, 0.29) is 49.9 Å². The summed E-state index contributed by atoms with van der Waals surface area (Å²) in [4.78, 5) is 60.4. The van der Waals surface area contributed by atoms with Gasteiger partial charge in [-0.25, -0.2) is 19.2 Å². The summed E-state index contributed by atoms with van der Waals surface area (Å²) in [5, 5.41) is 57.8. The normalized spacial score (nSPS) is 15.1. The molecule has 0 aromatic heterocycles. The number of nitrogens with one attached hydrogen (secondary N) is 3. The Bertz CT molecular complexity index is 1260. The molecule has 1 aromatic carbocycles. The van der Waals surface area contributed by atoms with Crippen molar-refractivity contribution in [1.82, 2.24) is 20.9 Å². The highest BCUT2D eigenvalue weighted by molar-refractivity contribution is 5.67. The third-order valence-corrected chi connectivity index (χ3v) is 6.96. The maximum absolute atomic E-state index is 13.3. The average molecular weight is 716 g/mol. The van der Waals surface area contributed by atoms with E-state index in [1.807, 2.05) is 0 Å². The van der Waals surface area contributed by atoms with Crippen LogP contribution in [0.15, 0.2) is 24.3 Å². The van der Waals surface area contributed by atoms with Gasteiger partial charge in [-0.2, -0.15) is 0 Å². The molecule has 0 saturated heterocycles. The van der Waals surface area contributed by atoms with Gasteiger partial charge < -0.3 is 34.6 Å². The van der Waals surface area contributed by atoms with Crippen molar-refractivity contribution in [1.29, 1.82) is 0 Å². The lowest BCUT2D eigenvalue weighted by atomic mass is 9.79. The van der Waals surface area contributed by atoms with Gasteiger partial charge in [-0.15, -0.1) is 0 Å². The molecule has 0 bridgehead atoms. The number of hydrogen-bond acceptors (Lipinski definition) is 9. The topological polar surface area (TPSA) is 259 Å². The molecule has 0 spiro atoms. The minimum Gasteiger partial charge on any atom is -0.465 e. The van der Waals surface area contributed by atoms with Gasteiger partial charge in [0.15, 0.2) is 0 Å². The summed E-state index contributed by atoms with van der Waals surface area (Å²) in [7, 11) is 0. The highest BCUT2D eigenvalue weighted by atomic mass is 16.6. The monoisotopic (exact) mass is 715 g/mol. The van der Waals surface area contributed by atoms with E-state index in [1.54, 1.807) is 62.3 Å². The van der Waals surface area contributed by atoms with Crippen molar-refractivity contribution in [2.75, 3.05) is 6.54 Å². The average Bonchev–Trinajstić information content (AvgIpc) is 2.90. The van der Waals surface area contributed by atoms with Gasteiger partial charge in [0.05, 0.1) is 27.3 Å². The zero-order chi connectivity index (χ0) is 38.7. The molecule has 3 atom stereocenters. The van der Waals surface area contributed by atoms with Crippen LogP contribution in [-0.4, -0.2) is 96.7 Å². The van der Waals surface area contributed by atoms with Crippen LogP contribution in [0, 0.1) is 10.1 Å². The van der Waals surface area contributed by atoms with Gasteiger partial charge in [-0.05, 0) is 106 Å². The number of nitro groups is 1. The molecule has 0 aliphatic heterocycles. The number of amides is 4. The molecule has 0 radical (unpaired) electrons. The SMILES string of the molecule is CC(C)(C)OC(CCN(C(=O)O)C(CCC(NC(=O)O)OC(C)(C)C)(CCC(NC(=O)O)OC(C)(C)C)c1ccc([N+](=O)[O-])cc1)NC(=O)O. The summed E-state index contributed by atoms with van der Waals surface area (Å²) >= 11 is 0. The Hall–Kier alpha value is -4.42. The molecule has 1 rings (SSSR count). The number of carboxylic acid groups (broad SMARTS) is 4. The Morgan fingerprint density at radius 1 is 0.680 bits per heavy atom. The van der Waals surface area contributed by atoms with Crippen LogP contribution in [0.5, 0.6) is 0 Å². The number of non-ortho nitro benzene ring substituents is 1. The number of carbonyl (C=O) groups is 4. The highest BCUT2D eigenvalue weighted by Crippen LogP contribution is 2.41. The molecule has 18 nitrogen and oxygen atoms in total. The molecule has 0 aliphatic carbocycles. The second kappa shape index (κ2) is 18.0. The van der Waals surface area contributed by atoms with Crippen molar-refractivity contribution < 1.29 is 58.7 Å². The Balaban J connectivity index is 3.99. The predicted octanol–water partition coefficient (Wildman–Crippen LogP) is 5.95. The van der Waals surface area contributed by atoms with Crippen molar-refractivity contribution in [3.63, 3.8) is 0 Å². The molecule has 0 fully saturated rings. The number of rotatable bonds is 18. The summed E-state index contributed by atoms with van der Waals surface area (Å²) in [6.45, 7) is 14.9. The van der Waals surface area contributed by atoms with Gasteiger partial charge in [0.25, 0.3) is 5.69 Å². The molecular weight excluding hydrogens is 662 g/mol. The van der Waals surface area contributed by atoms with Crippen LogP contribution >= 0.6 is 0 Å². The van der Waals surface area contributed by atoms with Crippen LogP contribution in [-0.2, 0) is 19.7 Å². The molecule has 50 heavy (non-hydrogen) atoms. The van der Waals surface area contributed by atoms with Crippen molar-refractivity contribution in [3.05, 3.63) is 39.9 Å². The molecule has 7 N–H and O–H groups in total. The van der Waals surface area contributed by atoms with E-state index in [4.69, 9.17) is 14.2 Å². The zero-order valence-electron chi connectivity index (χ0n) is 30.1. The third kappa shape index (κ3) is 16.3. The lowest BCUT2D eigenvalue weighted by Crippen LogP contribution is -2.53. The number of hydrogen-bond donors (Lipinski definition) is 7. The van der Waals surface area contributed by atoms with Crippen LogP contribution in [0.25, 0.3) is 0 Å². The Morgan fingerprint density at radius 2 is 1.02 bits per heavy atom. The van der Waals surface area contributed by atoms with Crippen LogP contribution in [0.3, 0.4) is 0 Å². The smallest absolute Gasteiger partial charge is 0.408 e. The van der Waals surface area contributed by atoms with E-state index in [9.17, 15) is 49.7 Å². The maximum atomic E-state index is 13.3. The first-order valence-electron chi connectivity index (χ1n) is 16.0. The summed E-state index contributed by atoms with van der Waals surface area (Å²) in [5.41, 5.74) is -4.18. The molecule has 0 saturated carbocycles. The van der Waals surface area contributed by atoms with E-state index in [2.05, 4.69) is 16.0 Å². The van der Waals surface area contributed by atoms with Crippen molar-refractivity contribution in [2.45, 2.75) is 135 Å². The quantitative estimate of drug-likeness (QED) is 0.0527. The van der Waals surface area contributed by atoms with Crippen LogP contribution < -0.4 is 16.0 Å².